The van der Waals surface area contributed by atoms with Crippen LogP contribution in [0.3, 0.4) is 0 Å². The van der Waals surface area contributed by atoms with E-state index in [4.69, 9.17) is 4.74 Å². The number of piperidine rings is 1. The van der Waals surface area contributed by atoms with Crippen molar-refractivity contribution < 1.29 is 9.53 Å². The van der Waals surface area contributed by atoms with E-state index in [2.05, 4.69) is 22.1 Å². The fourth-order valence-corrected chi connectivity index (χ4v) is 3.59. The van der Waals surface area contributed by atoms with Crippen LogP contribution in [0, 0.1) is 6.92 Å². The number of rotatable bonds is 5. The van der Waals surface area contributed by atoms with Crippen molar-refractivity contribution >= 4 is 17.3 Å². The second-order valence-corrected chi connectivity index (χ2v) is 6.84. The van der Waals surface area contributed by atoms with E-state index in [1.54, 1.807) is 13.3 Å². The number of aryl methyl sites for hydroxylation is 1. The molecular formula is C21H27N3O2. The summed E-state index contributed by atoms with van der Waals surface area (Å²) in [5.74, 6) is 0.475. The van der Waals surface area contributed by atoms with Crippen molar-refractivity contribution in [1.29, 1.82) is 0 Å². The van der Waals surface area contributed by atoms with Gasteiger partial charge >= 0.3 is 0 Å². The molecule has 1 aliphatic heterocycles. The summed E-state index contributed by atoms with van der Waals surface area (Å²) < 4.78 is 5.35. The summed E-state index contributed by atoms with van der Waals surface area (Å²) >= 11 is 0. The summed E-state index contributed by atoms with van der Waals surface area (Å²) in [5, 5.41) is 2.95. The van der Waals surface area contributed by atoms with Crippen molar-refractivity contribution in [2.45, 2.75) is 45.6 Å². The first-order chi connectivity index (χ1) is 12.6. The van der Waals surface area contributed by atoms with Crippen molar-refractivity contribution in [2.75, 3.05) is 23.9 Å². The SMILES string of the molecule is CCC1CCCCN1c1cncc(C(=O)Nc2cc(C)ccc2OC)c1. The molecular weight excluding hydrogens is 326 g/mol. The zero-order chi connectivity index (χ0) is 18.5. The molecule has 26 heavy (non-hydrogen) atoms. The number of carbonyl (C=O) groups is 1. The van der Waals surface area contributed by atoms with E-state index >= 15 is 0 Å². The molecule has 3 rings (SSSR count). The van der Waals surface area contributed by atoms with Crippen molar-refractivity contribution in [1.82, 2.24) is 4.98 Å². The van der Waals surface area contributed by atoms with Gasteiger partial charge in [-0.1, -0.05) is 13.0 Å². The topological polar surface area (TPSA) is 54.5 Å². The standard InChI is InChI=1S/C21H27N3O2/c1-4-17-7-5-6-10-24(17)18-12-16(13-22-14-18)21(25)23-19-11-15(2)8-9-20(19)26-3/h8-9,11-14,17H,4-7,10H2,1-3H3,(H,23,25). The smallest absolute Gasteiger partial charge is 0.257 e. The molecule has 1 amide bonds. The highest BCUT2D eigenvalue weighted by Crippen LogP contribution is 2.28. The Kier molecular flexibility index (Phi) is 5.76. The number of nitrogens with one attached hydrogen (secondary N) is 1. The molecule has 2 aromatic rings. The number of carbonyl (C=O) groups excluding carboxylic acids is 1. The summed E-state index contributed by atoms with van der Waals surface area (Å²) in [6, 6.07) is 8.20. The van der Waals surface area contributed by atoms with E-state index in [1.807, 2.05) is 37.4 Å². The normalized spacial score (nSPS) is 17.0. The third-order valence-electron chi connectivity index (χ3n) is 5.02. The summed E-state index contributed by atoms with van der Waals surface area (Å²) in [4.78, 5) is 19.5. The summed E-state index contributed by atoms with van der Waals surface area (Å²) in [5.41, 5.74) is 3.33. The number of amides is 1. The van der Waals surface area contributed by atoms with Crippen molar-refractivity contribution in [2.24, 2.45) is 0 Å². The Morgan fingerprint density at radius 2 is 2.15 bits per heavy atom. The van der Waals surface area contributed by atoms with Gasteiger partial charge in [-0.3, -0.25) is 9.78 Å². The number of aromatic nitrogens is 1. The van der Waals surface area contributed by atoms with Crippen molar-refractivity contribution in [3.8, 4) is 5.75 Å². The Morgan fingerprint density at radius 1 is 1.31 bits per heavy atom. The highest BCUT2D eigenvalue weighted by atomic mass is 16.5. The van der Waals surface area contributed by atoms with Crippen LogP contribution in [0.25, 0.3) is 0 Å². The minimum absolute atomic E-state index is 0.173. The molecule has 2 heterocycles. The van der Waals surface area contributed by atoms with Crippen LogP contribution in [-0.4, -0.2) is 30.6 Å². The quantitative estimate of drug-likeness (QED) is 0.864. The van der Waals surface area contributed by atoms with E-state index in [9.17, 15) is 4.79 Å². The Hall–Kier alpha value is -2.56. The van der Waals surface area contributed by atoms with Crippen molar-refractivity contribution in [3.63, 3.8) is 0 Å². The molecule has 5 heteroatoms. The van der Waals surface area contributed by atoms with E-state index in [-0.39, 0.29) is 5.91 Å². The minimum Gasteiger partial charge on any atom is -0.495 e. The highest BCUT2D eigenvalue weighted by Gasteiger charge is 2.22. The molecule has 0 spiro atoms. The fraction of sp³-hybridized carbons (Fsp3) is 0.429. The van der Waals surface area contributed by atoms with Crippen LogP contribution in [0.15, 0.2) is 36.7 Å². The molecule has 1 aromatic carbocycles. The van der Waals surface area contributed by atoms with E-state index in [0.29, 0.717) is 23.0 Å². The summed E-state index contributed by atoms with van der Waals surface area (Å²) in [7, 11) is 1.60. The monoisotopic (exact) mass is 353 g/mol. The van der Waals surface area contributed by atoms with Gasteiger partial charge in [0.05, 0.1) is 30.2 Å². The molecule has 138 valence electrons. The molecule has 1 atom stereocenters. The fourth-order valence-electron chi connectivity index (χ4n) is 3.59. The minimum atomic E-state index is -0.173. The van der Waals surface area contributed by atoms with Gasteiger partial charge in [0.2, 0.25) is 0 Å². The molecule has 1 saturated heterocycles. The maximum Gasteiger partial charge on any atom is 0.257 e. The van der Waals surface area contributed by atoms with Crippen molar-refractivity contribution in [3.05, 3.63) is 47.8 Å². The zero-order valence-corrected chi connectivity index (χ0v) is 15.8. The molecule has 1 unspecified atom stereocenters. The number of methoxy groups -OCH3 is 1. The number of nitrogens with zero attached hydrogens (tertiary/aromatic N) is 2. The van der Waals surface area contributed by atoms with Crippen LogP contribution in [0.5, 0.6) is 5.75 Å². The Morgan fingerprint density at radius 3 is 2.92 bits per heavy atom. The molecule has 0 saturated carbocycles. The Bertz CT molecular complexity index is 776. The van der Waals surface area contributed by atoms with Gasteiger partial charge < -0.3 is 15.0 Å². The lowest BCUT2D eigenvalue weighted by Crippen LogP contribution is -2.39. The van der Waals surface area contributed by atoms with Crippen LogP contribution in [0.1, 0.15) is 48.5 Å². The predicted molar refractivity (Wildman–Crippen MR) is 105 cm³/mol. The van der Waals surface area contributed by atoms with Gasteiger partial charge in [-0.2, -0.15) is 0 Å². The molecule has 0 bridgehead atoms. The molecule has 0 aliphatic carbocycles. The lowest BCUT2D eigenvalue weighted by molar-refractivity contribution is 0.102. The first-order valence-electron chi connectivity index (χ1n) is 9.30. The van der Waals surface area contributed by atoms with Crippen LogP contribution in [-0.2, 0) is 0 Å². The highest BCUT2D eigenvalue weighted by molar-refractivity contribution is 6.05. The van der Waals surface area contributed by atoms with Gasteiger partial charge in [0.15, 0.2) is 0 Å². The van der Waals surface area contributed by atoms with E-state index in [1.165, 1.54) is 19.3 Å². The first-order valence-corrected chi connectivity index (χ1v) is 9.30. The van der Waals surface area contributed by atoms with Crippen LogP contribution >= 0.6 is 0 Å². The van der Waals surface area contributed by atoms with Crippen LogP contribution < -0.4 is 15.0 Å². The number of hydrogen-bond donors (Lipinski definition) is 1. The third-order valence-corrected chi connectivity index (χ3v) is 5.02. The molecule has 1 aromatic heterocycles. The number of pyridine rings is 1. The summed E-state index contributed by atoms with van der Waals surface area (Å²) in [6.45, 7) is 5.23. The number of hydrogen-bond acceptors (Lipinski definition) is 4. The second kappa shape index (κ2) is 8.21. The Labute approximate surface area is 155 Å². The lowest BCUT2D eigenvalue weighted by atomic mass is 9.99. The Balaban J connectivity index is 1.81. The first kappa shape index (κ1) is 18.2. The number of anilines is 2. The van der Waals surface area contributed by atoms with Gasteiger partial charge in [0.1, 0.15) is 5.75 Å². The zero-order valence-electron chi connectivity index (χ0n) is 15.8. The lowest BCUT2D eigenvalue weighted by Gasteiger charge is -2.37. The maximum atomic E-state index is 12.8. The maximum absolute atomic E-state index is 12.8. The molecule has 1 aliphatic rings. The van der Waals surface area contributed by atoms with Gasteiger partial charge in [0, 0.05) is 18.8 Å². The van der Waals surface area contributed by atoms with Gasteiger partial charge in [-0.25, -0.2) is 0 Å². The third kappa shape index (κ3) is 3.98. The van der Waals surface area contributed by atoms with Crippen LogP contribution in [0.2, 0.25) is 0 Å². The summed E-state index contributed by atoms with van der Waals surface area (Å²) in [6.07, 6.45) is 8.25. The van der Waals surface area contributed by atoms with Gasteiger partial charge in [-0.15, -0.1) is 0 Å². The van der Waals surface area contributed by atoms with Gasteiger partial charge in [0.25, 0.3) is 5.91 Å². The second-order valence-electron chi connectivity index (χ2n) is 6.84. The number of ether oxygens (including phenoxy) is 1. The van der Waals surface area contributed by atoms with Crippen LogP contribution in [0.4, 0.5) is 11.4 Å². The van der Waals surface area contributed by atoms with E-state index < -0.39 is 0 Å². The largest absolute Gasteiger partial charge is 0.495 e. The molecule has 1 fully saturated rings. The van der Waals surface area contributed by atoms with E-state index in [0.717, 1.165) is 24.2 Å². The predicted octanol–water partition coefficient (Wildman–Crippen LogP) is 4.42. The molecule has 0 radical (unpaired) electrons. The average molecular weight is 353 g/mol. The molecule has 5 nitrogen and oxygen atoms in total. The number of benzene rings is 1. The molecule has 1 N–H and O–H groups in total. The average Bonchev–Trinajstić information content (AvgIpc) is 2.68. The van der Waals surface area contributed by atoms with Gasteiger partial charge in [-0.05, 0) is 56.4 Å².